The molecule has 0 fully saturated rings. The van der Waals surface area contributed by atoms with Crippen molar-refractivity contribution in [3.05, 3.63) is 65.4 Å². The fourth-order valence-corrected chi connectivity index (χ4v) is 1.27. The van der Waals surface area contributed by atoms with E-state index < -0.39 is 0 Å². The Hall–Kier alpha value is -2.41. The highest BCUT2D eigenvalue weighted by Gasteiger charge is 1.99. The van der Waals surface area contributed by atoms with Crippen molar-refractivity contribution in [3.63, 3.8) is 0 Å². The van der Waals surface area contributed by atoms with Gasteiger partial charge in [0, 0.05) is 0 Å². The average Bonchev–Trinajstić information content (AvgIpc) is 2.39. The molecule has 1 heterocycles. The molecule has 0 saturated carbocycles. The molecule has 0 aliphatic carbocycles. The molecule has 0 bridgehead atoms. The third kappa shape index (κ3) is 3.02. The first kappa shape index (κ1) is 11.1. The van der Waals surface area contributed by atoms with E-state index in [1.54, 1.807) is 24.3 Å². The van der Waals surface area contributed by atoms with Gasteiger partial charge in [-0.1, -0.05) is 18.7 Å². The van der Waals surface area contributed by atoms with E-state index >= 15 is 0 Å². The molecule has 0 radical (unpaired) electrons. The molecule has 2 aromatic rings. The lowest BCUT2D eigenvalue weighted by molar-refractivity contribution is 0.305. The van der Waals surface area contributed by atoms with Crippen LogP contribution in [0.3, 0.4) is 0 Å². The summed E-state index contributed by atoms with van der Waals surface area (Å²) in [6.45, 7) is 7.10. The average molecular weight is 228 g/mol. The van der Waals surface area contributed by atoms with Gasteiger partial charge in [-0.15, -0.1) is 4.98 Å². The Morgan fingerprint density at radius 2 is 1.94 bits per heavy atom. The van der Waals surface area contributed by atoms with Gasteiger partial charge in [0.05, 0.1) is 0 Å². The zero-order valence-electron chi connectivity index (χ0n) is 8.93. The van der Waals surface area contributed by atoms with E-state index in [0.29, 0.717) is 18.2 Å². The van der Waals surface area contributed by atoms with Crippen molar-refractivity contribution < 1.29 is 9.13 Å². The van der Waals surface area contributed by atoms with Crippen LogP contribution in [0, 0.1) is 12.4 Å². The van der Waals surface area contributed by atoms with E-state index in [-0.39, 0.29) is 5.82 Å². The number of ether oxygens (including phenoxy) is 1. The van der Waals surface area contributed by atoms with Gasteiger partial charge in [-0.3, -0.25) is 0 Å². The van der Waals surface area contributed by atoms with Gasteiger partial charge in [0.2, 0.25) is 0 Å². The van der Waals surface area contributed by atoms with Crippen LogP contribution in [0.25, 0.3) is 4.85 Å². The van der Waals surface area contributed by atoms with E-state index in [2.05, 4.69) is 9.83 Å². The van der Waals surface area contributed by atoms with Crippen LogP contribution in [0.2, 0.25) is 0 Å². The Labute approximate surface area is 98.3 Å². The van der Waals surface area contributed by atoms with Crippen LogP contribution in [-0.2, 0) is 6.61 Å². The molecule has 1 aromatic carbocycles. The van der Waals surface area contributed by atoms with Crippen LogP contribution in [0.1, 0.15) is 5.56 Å². The highest BCUT2D eigenvalue weighted by Crippen LogP contribution is 2.15. The number of rotatable bonds is 3. The van der Waals surface area contributed by atoms with Gasteiger partial charge in [-0.05, 0) is 29.8 Å². The number of pyridine rings is 1. The molecule has 3 nitrogen and oxygen atoms in total. The first-order valence-electron chi connectivity index (χ1n) is 4.99. The Balaban J connectivity index is 1.98. The summed E-state index contributed by atoms with van der Waals surface area (Å²) in [7, 11) is 0. The normalized spacial score (nSPS) is 9.65. The van der Waals surface area contributed by atoms with Gasteiger partial charge in [-0.2, -0.15) is 0 Å². The van der Waals surface area contributed by atoms with Gasteiger partial charge in [0.25, 0.3) is 5.82 Å². The molecule has 0 saturated heterocycles. The first-order valence-corrected chi connectivity index (χ1v) is 4.99. The fraction of sp³-hybridized carbons (Fsp3) is 0.0769. The first-order chi connectivity index (χ1) is 8.28. The molecule has 0 spiro atoms. The Kier molecular flexibility index (Phi) is 3.31. The van der Waals surface area contributed by atoms with Gasteiger partial charge in [0.1, 0.15) is 12.4 Å². The molecule has 17 heavy (non-hydrogen) atoms. The summed E-state index contributed by atoms with van der Waals surface area (Å²) in [5.74, 6) is 0.651. The van der Waals surface area contributed by atoms with E-state index in [9.17, 15) is 4.39 Å². The SMILES string of the molecule is [C-]#[N+]c1ccc(OCc2ccc(F)cc2)cn1. The van der Waals surface area contributed by atoms with Crippen LogP contribution in [0.5, 0.6) is 5.75 Å². The molecule has 0 amide bonds. The molecule has 0 atom stereocenters. The lowest BCUT2D eigenvalue weighted by atomic mass is 10.2. The van der Waals surface area contributed by atoms with Crippen LogP contribution in [-0.4, -0.2) is 4.98 Å². The lowest BCUT2D eigenvalue weighted by Gasteiger charge is -2.04. The van der Waals surface area contributed by atoms with Gasteiger partial charge in [0.15, 0.2) is 11.9 Å². The summed E-state index contributed by atoms with van der Waals surface area (Å²) in [6, 6.07) is 9.38. The molecule has 2 rings (SSSR count). The summed E-state index contributed by atoms with van der Waals surface area (Å²) in [4.78, 5) is 7.07. The second-order valence-electron chi connectivity index (χ2n) is 3.38. The molecule has 1 aromatic heterocycles. The largest absolute Gasteiger partial charge is 0.485 e. The van der Waals surface area contributed by atoms with Gasteiger partial charge < -0.3 is 9.58 Å². The fourth-order valence-electron chi connectivity index (χ4n) is 1.27. The molecule has 0 unspecified atom stereocenters. The Bertz CT molecular complexity index is 529. The van der Waals surface area contributed by atoms with Crippen molar-refractivity contribution in [1.82, 2.24) is 4.98 Å². The van der Waals surface area contributed by atoms with Crippen LogP contribution in [0.15, 0.2) is 42.6 Å². The minimum Gasteiger partial charge on any atom is -0.485 e. The lowest BCUT2D eigenvalue weighted by Crippen LogP contribution is -1.95. The highest BCUT2D eigenvalue weighted by molar-refractivity contribution is 5.38. The van der Waals surface area contributed by atoms with Crippen LogP contribution < -0.4 is 4.74 Å². The molecule has 0 aliphatic heterocycles. The molecule has 0 aliphatic rings. The van der Waals surface area contributed by atoms with Crippen molar-refractivity contribution >= 4 is 5.82 Å². The smallest absolute Gasteiger partial charge is 0.269 e. The van der Waals surface area contributed by atoms with Crippen LogP contribution >= 0.6 is 0 Å². The van der Waals surface area contributed by atoms with Crippen molar-refractivity contribution in [2.24, 2.45) is 0 Å². The van der Waals surface area contributed by atoms with E-state index in [0.717, 1.165) is 5.56 Å². The second-order valence-corrected chi connectivity index (χ2v) is 3.38. The minimum atomic E-state index is -0.267. The quantitative estimate of drug-likeness (QED) is 0.753. The number of hydrogen-bond donors (Lipinski definition) is 0. The van der Waals surface area contributed by atoms with Crippen LogP contribution in [0.4, 0.5) is 10.2 Å². The molecular weight excluding hydrogens is 219 g/mol. The maximum atomic E-state index is 12.7. The van der Waals surface area contributed by atoms with Crippen molar-refractivity contribution in [2.45, 2.75) is 6.61 Å². The number of halogens is 1. The Morgan fingerprint density at radius 1 is 1.18 bits per heavy atom. The van der Waals surface area contributed by atoms with E-state index in [4.69, 9.17) is 11.3 Å². The summed E-state index contributed by atoms with van der Waals surface area (Å²) in [5, 5.41) is 0. The third-order valence-corrected chi connectivity index (χ3v) is 2.15. The number of aromatic nitrogens is 1. The summed E-state index contributed by atoms with van der Waals surface area (Å²) < 4.78 is 18.1. The predicted octanol–water partition coefficient (Wildman–Crippen LogP) is 3.35. The third-order valence-electron chi connectivity index (χ3n) is 2.15. The van der Waals surface area contributed by atoms with Crippen molar-refractivity contribution in [2.75, 3.05) is 0 Å². The predicted molar refractivity (Wildman–Crippen MR) is 61.2 cm³/mol. The standard InChI is InChI=1S/C13H9FN2O/c1-15-13-7-6-12(8-16-13)17-9-10-2-4-11(14)5-3-10/h2-8H,9H2. The minimum absolute atomic E-state index is 0.267. The zero-order valence-corrected chi connectivity index (χ0v) is 8.93. The van der Waals surface area contributed by atoms with Crippen molar-refractivity contribution in [3.8, 4) is 5.75 Å². The summed E-state index contributed by atoms with van der Waals surface area (Å²) >= 11 is 0. The molecule has 4 heteroatoms. The van der Waals surface area contributed by atoms with Gasteiger partial charge >= 0.3 is 0 Å². The maximum absolute atomic E-state index is 12.7. The van der Waals surface area contributed by atoms with E-state index in [1.807, 2.05) is 0 Å². The monoisotopic (exact) mass is 228 g/mol. The molecule has 0 N–H and O–H groups in total. The number of benzene rings is 1. The topological polar surface area (TPSA) is 26.5 Å². The van der Waals surface area contributed by atoms with Gasteiger partial charge in [-0.25, -0.2) is 4.39 Å². The zero-order chi connectivity index (χ0) is 12.1. The Morgan fingerprint density at radius 3 is 2.53 bits per heavy atom. The summed E-state index contributed by atoms with van der Waals surface area (Å²) in [5.41, 5.74) is 0.876. The maximum Gasteiger partial charge on any atom is 0.269 e. The second kappa shape index (κ2) is 5.08. The summed E-state index contributed by atoms with van der Waals surface area (Å²) in [6.07, 6.45) is 1.50. The van der Waals surface area contributed by atoms with Crippen molar-refractivity contribution in [1.29, 1.82) is 0 Å². The number of hydrogen-bond acceptors (Lipinski definition) is 2. The molecular formula is C13H9FN2O. The molecule has 84 valence electrons. The number of nitrogens with zero attached hydrogens (tertiary/aromatic N) is 2. The highest BCUT2D eigenvalue weighted by atomic mass is 19.1. The van der Waals surface area contributed by atoms with E-state index in [1.165, 1.54) is 18.3 Å².